The van der Waals surface area contributed by atoms with E-state index in [1.165, 1.54) is 0 Å². The van der Waals surface area contributed by atoms with Crippen LogP contribution in [0.15, 0.2) is 54.6 Å². The maximum absolute atomic E-state index is 12.6. The van der Waals surface area contributed by atoms with Crippen molar-refractivity contribution in [1.82, 2.24) is 4.90 Å². The molecule has 23 heavy (non-hydrogen) atoms. The van der Waals surface area contributed by atoms with Crippen LogP contribution in [0, 0.1) is 0 Å². The number of nitrogens with one attached hydrogen (secondary N) is 1. The SMILES string of the molecule is C[C@@H](C(=O)Nc1ccccc1-c1ccccc1)N1CCOCC1. The Hall–Kier alpha value is -2.17. The van der Waals surface area contributed by atoms with Gasteiger partial charge in [-0.25, -0.2) is 0 Å². The summed E-state index contributed by atoms with van der Waals surface area (Å²) in [5, 5.41) is 3.08. The fourth-order valence-corrected chi connectivity index (χ4v) is 2.83. The van der Waals surface area contributed by atoms with E-state index in [1.807, 2.05) is 49.4 Å². The number of nitrogens with zero attached hydrogens (tertiary/aromatic N) is 1. The topological polar surface area (TPSA) is 41.6 Å². The summed E-state index contributed by atoms with van der Waals surface area (Å²) in [5.41, 5.74) is 2.99. The van der Waals surface area contributed by atoms with Crippen LogP contribution in [0.3, 0.4) is 0 Å². The molecule has 1 saturated heterocycles. The normalized spacial score (nSPS) is 16.7. The van der Waals surface area contributed by atoms with Gasteiger partial charge in [-0.3, -0.25) is 9.69 Å². The molecule has 2 aromatic rings. The van der Waals surface area contributed by atoms with Gasteiger partial charge in [0.25, 0.3) is 0 Å². The van der Waals surface area contributed by atoms with Gasteiger partial charge in [-0.1, -0.05) is 48.5 Å². The minimum atomic E-state index is -0.164. The number of ether oxygens (including phenoxy) is 1. The average molecular weight is 310 g/mol. The second-order valence-corrected chi connectivity index (χ2v) is 5.73. The number of morpholine rings is 1. The van der Waals surface area contributed by atoms with E-state index in [0.29, 0.717) is 13.2 Å². The van der Waals surface area contributed by atoms with Crippen LogP contribution in [-0.2, 0) is 9.53 Å². The van der Waals surface area contributed by atoms with Gasteiger partial charge in [-0.15, -0.1) is 0 Å². The molecule has 2 aromatic carbocycles. The molecule has 1 amide bonds. The third-order valence-electron chi connectivity index (χ3n) is 4.24. The van der Waals surface area contributed by atoms with E-state index in [1.54, 1.807) is 0 Å². The highest BCUT2D eigenvalue weighted by atomic mass is 16.5. The van der Waals surface area contributed by atoms with Crippen molar-refractivity contribution in [3.05, 3.63) is 54.6 Å². The van der Waals surface area contributed by atoms with Crippen molar-refractivity contribution in [2.75, 3.05) is 31.6 Å². The maximum Gasteiger partial charge on any atom is 0.241 e. The quantitative estimate of drug-likeness (QED) is 0.944. The molecule has 1 aliphatic heterocycles. The monoisotopic (exact) mass is 310 g/mol. The van der Waals surface area contributed by atoms with Crippen LogP contribution in [0.5, 0.6) is 0 Å². The molecule has 0 bridgehead atoms. The average Bonchev–Trinajstić information content (AvgIpc) is 2.63. The predicted molar refractivity (Wildman–Crippen MR) is 92.4 cm³/mol. The second kappa shape index (κ2) is 7.40. The Morgan fingerprint density at radius 3 is 2.43 bits per heavy atom. The van der Waals surface area contributed by atoms with Gasteiger partial charge in [0.15, 0.2) is 0 Å². The standard InChI is InChI=1S/C19H22N2O2/c1-15(21-11-13-23-14-12-21)19(22)20-18-10-6-5-9-17(18)16-7-3-2-4-8-16/h2-10,15H,11-14H2,1H3,(H,20,22)/t15-/m0/s1. The molecule has 3 rings (SSSR count). The Balaban J connectivity index is 1.76. The van der Waals surface area contributed by atoms with Gasteiger partial charge in [-0.2, -0.15) is 0 Å². The Bertz CT molecular complexity index is 651. The lowest BCUT2D eigenvalue weighted by molar-refractivity contribution is -0.122. The van der Waals surface area contributed by atoms with E-state index in [2.05, 4.69) is 22.3 Å². The first-order valence-corrected chi connectivity index (χ1v) is 8.03. The first kappa shape index (κ1) is 15.7. The lowest BCUT2D eigenvalue weighted by atomic mass is 10.0. The van der Waals surface area contributed by atoms with Crippen LogP contribution in [-0.4, -0.2) is 43.2 Å². The highest BCUT2D eigenvalue weighted by Crippen LogP contribution is 2.27. The molecule has 0 aliphatic carbocycles. The largest absolute Gasteiger partial charge is 0.379 e. The highest BCUT2D eigenvalue weighted by Gasteiger charge is 2.23. The molecule has 0 spiro atoms. The maximum atomic E-state index is 12.6. The molecule has 0 radical (unpaired) electrons. The molecule has 1 heterocycles. The molecule has 1 atom stereocenters. The third-order valence-corrected chi connectivity index (χ3v) is 4.24. The summed E-state index contributed by atoms with van der Waals surface area (Å²) in [6.07, 6.45) is 0. The molecule has 1 fully saturated rings. The van der Waals surface area contributed by atoms with Crippen LogP contribution in [0.4, 0.5) is 5.69 Å². The summed E-state index contributed by atoms with van der Waals surface area (Å²) in [6.45, 7) is 4.94. The minimum absolute atomic E-state index is 0.0234. The van der Waals surface area contributed by atoms with E-state index in [4.69, 9.17) is 4.74 Å². The lowest BCUT2D eigenvalue weighted by Crippen LogP contribution is -2.47. The van der Waals surface area contributed by atoms with Gasteiger partial charge in [0, 0.05) is 24.3 Å². The fraction of sp³-hybridized carbons (Fsp3) is 0.316. The van der Waals surface area contributed by atoms with Crippen molar-refractivity contribution in [3.8, 4) is 11.1 Å². The molecule has 4 nitrogen and oxygen atoms in total. The van der Waals surface area contributed by atoms with E-state index >= 15 is 0 Å². The van der Waals surface area contributed by atoms with Crippen molar-refractivity contribution in [3.63, 3.8) is 0 Å². The highest BCUT2D eigenvalue weighted by molar-refractivity contribution is 5.98. The van der Waals surface area contributed by atoms with E-state index < -0.39 is 0 Å². The summed E-state index contributed by atoms with van der Waals surface area (Å²) in [5.74, 6) is 0.0234. The Morgan fingerprint density at radius 2 is 1.70 bits per heavy atom. The van der Waals surface area contributed by atoms with Gasteiger partial charge in [0.2, 0.25) is 5.91 Å². The van der Waals surface area contributed by atoms with Crippen LogP contribution in [0.2, 0.25) is 0 Å². The van der Waals surface area contributed by atoms with Gasteiger partial charge < -0.3 is 10.1 Å². The molecule has 0 aromatic heterocycles. The number of carbonyl (C=O) groups is 1. The number of anilines is 1. The number of benzene rings is 2. The predicted octanol–water partition coefficient (Wildman–Crippen LogP) is 3.01. The smallest absolute Gasteiger partial charge is 0.241 e. The molecule has 0 saturated carbocycles. The van der Waals surface area contributed by atoms with Crippen molar-refractivity contribution in [2.24, 2.45) is 0 Å². The molecular weight excluding hydrogens is 288 g/mol. The lowest BCUT2D eigenvalue weighted by Gasteiger charge is -2.31. The van der Waals surface area contributed by atoms with E-state index in [0.717, 1.165) is 29.9 Å². The number of hydrogen-bond donors (Lipinski definition) is 1. The summed E-state index contributed by atoms with van der Waals surface area (Å²) < 4.78 is 5.35. The Labute approximate surface area is 137 Å². The molecule has 1 N–H and O–H groups in total. The molecule has 120 valence electrons. The Kier molecular flexibility index (Phi) is 5.05. The van der Waals surface area contributed by atoms with Crippen LogP contribution >= 0.6 is 0 Å². The van der Waals surface area contributed by atoms with Gasteiger partial charge in [0.05, 0.1) is 19.3 Å². The van der Waals surface area contributed by atoms with Crippen molar-refractivity contribution in [2.45, 2.75) is 13.0 Å². The fourth-order valence-electron chi connectivity index (χ4n) is 2.83. The van der Waals surface area contributed by atoms with Gasteiger partial charge in [0.1, 0.15) is 0 Å². The number of hydrogen-bond acceptors (Lipinski definition) is 3. The van der Waals surface area contributed by atoms with Gasteiger partial charge >= 0.3 is 0 Å². The number of para-hydroxylation sites is 1. The Morgan fingerprint density at radius 1 is 1.04 bits per heavy atom. The van der Waals surface area contributed by atoms with Crippen LogP contribution in [0.1, 0.15) is 6.92 Å². The second-order valence-electron chi connectivity index (χ2n) is 5.73. The zero-order valence-corrected chi connectivity index (χ0v) is 13.4. The summed E-state index contributed by atoms with van der Waals surface area (Å²) in [6, 6.07) is 17.9. The van der Waals surface area contributed by atoms with Gasteiger partial charge in [-0.05, 0) is 18.6 Å². The number of rotatable bonds is 4. The van der Waals surface area contributed by atoms with Crippen LogP contribution in [0.25, 0.3) is 11.1 Å². The summed E-state index contributed by atoms with van der Waals surface area (Å²) in [7, 11) is 0. The first-order valence-electron chi connectivity index (χ1n) is 8.03. The van der Waals surface area contributed by atoms with Crippen LogP contribution < -0.4 is 5.32 Å². The number of carbonyl (C=O) groups excluding carboxylic acids is 1. The van der Waals surface area contributed by atoms with E-state index in [-0.39, 0.29) is 11.9 Å². The first-order chi connectivity index (χ1) is 11.3. The molecular formula is C19H22N2O2. The van der Waals surface area contributed by atoms with Crippen molar-refractivity contribution < 1.29 is 9.53 Å². The molecule has 0 unspecified atom stereocenters. The summed E-state index contributed by atoms with van der Waals surface area (Å²) >= 11 is 0. The number of amides is 1. The minimum Gasteiger partial charge on any atom is -0.379 e. The van der Waals surface area contributed by atoms with Crippen molar-refractivity contribution in [1.29, 1.82) is 0 Å². The van der Waals surface area contributed by atoms with E-state index in [9.17, 15) is 4.79 Å². The molecule has 1 aliphatic rings. The third kappa shape index (κ3) is 3.78. The zero-order valence-electron chi connectivity index (χ0n) is 13.4. The molecule has 4 heteroatoms. The summed E-state index contributed by atoms with van der Waals surface area (Å²) in [4.78, 5) is 14.8. The zero-order chi connectivity index (χ0) is 16.1. The van der Waals surface area contributed by atoms with Crippen molar-refractivity contribution >= 4 is 11.6 Å².